The fourth-order valence-corrected chi connectivity index (χ4v) is 2.46. The first kappa shape index (κ1) is 17.9. The van der Waals surface area contributed by atoms with Crippen LogP contribution in [0.4, 0.5) is 8.78 Å². The maximum Gasteiger partial charge on any atom is 0.387 e. The molecule has 2 aromatic rings. The van der Waals surface area contributed by atoms with Crippen LogP contribution in [0.25, 0.3) is 0 Å². The Kier molecular flexibility index (Phi) is 6.29. The second kappa shape index (κ2) is 8.43. The number of halogens is 2. The number of ether oxygens (including phenoxy) is 1. The number of alkyl halides is 2. The van der Waals surface area contributed by atoms with Gasteiger partial charge in [-0.1, -0.05) is 49.4 Å². The largest absolute Gasteiger partial charge is 0.435 e. The zero-order valence-electron chi connectivity index (χ0n) is 13.8. The molecule has 1 amide bonds. The summed E-state index contributed by atoms with van der Waals surface area (Å²) in [6, 6.07) is 16.2. The molecular formula is C19H21F2NO2. The van der Waals surface area contributed by atoms with Gasteiger partial charge in [-0.2, -0.15) is 8.78 Å². The van der Waals surface area contributed by atoms with Gasteiger partial charge in [-0.3, -0.25) is 4.79 Å². The van der Waals surface area contributed by atoms with Crippen LogP contribution in [0.1, 0.15) is 30.4 Å². The van der Waals surface area contributed by atoms with Crippen molar-refractivity contribution in [3.05, 3.63) is 65.7 Å². The van der Waals surface area contributed by atoms with Crippen LogP contribution in [0.5, 0.6) is 5.75 Å². The van der Waals surface area contributed by atoms with Crippen molar-refractivity contribution in [1.29, 1.82) is 0 Å². The molecule has 0 aromatic heterocycles. The van der Waals surface area contributed by atoms with E-state index in [2.05, 4.69) is 4.74 Å². The lowest BCUT2D eigenvalue weighted by atomic mass is 9.97. The second-order valence-corrected chi connectivity index (χ2v) is 5.79. The molecule has 0 spiro atoms. The van der Waals surface area contributed by atoms with Crippen molar-refractivity contribution in [3.63, 3.8) is 0 Å². The van der Waals surface area contributed by atoms with E-state index in [0.717, 1.165) is 11.1 Å². The van der Waals surface area contributed by atoms with Crippen LogP contribution in [-0.2, 0) is 11.3 Å². The van der Waals surface area contributed by atoms with Crippen molar-refractivity contribution in [2.75, 3.05) is 7.05 Å². The summed E-state index contributed by atoms with van der Waals surface area (Å²) in [5.74, 6) is 0.294. The fourth-order valence-electron chi connectivity index (χ4n) is 2.46. The molecule has 24 heavy (non-hydrogen) atoms. The Hall–Kier alpha value is -2.43. The summed E-state index contributed by atoms with van der Waals surface area (Å²) in [6.07, 6.45) is 0.424. The molecule has 0 bridgehead atoms. The van der Waals surface area contributed by atoms with Gasteiger partial charge in [0.2, 0.25) is 5.91 Å². The van der Waals surface area contributed by atoms with Gasteiger partial charge in [0.25, 0.3) is 0 Å². The number of rotatable bonds is 7. The summed E-state index contributed by atoms with van der Waals surface area (Å²) >= 11 is 0. The lowest BCUT2D eigenvalue weighted by Gasteiger charge is -2.20. The molecule has 0 saturated carbocycles. The van der Waals surface area contributed by atoms with E-state index in [1.807, 2.05) is 37.3 Å². The molecule has 128 valence electrons. The minimum atomic E-state index is -2.83. The van der Waals surface area contributed by atoms with Crippen molar-refractivity contribution in [2.24, 2.45) is 0 Å². The van der Waals surface area contributed by atoms with Crippen LogP contribution in [0, 0.1) is 0 Å². The monoisotopic (exact) mass is 333 g/mol. The third kappa shape index (κ3) is 5.33. The van der Waals surface area contributed by atoms with Crippen LogP contribution >= 0.6 is 0 Å². The van der Waals surface area contributed by atoms with E-state index in [9.17, 15) is 13.6 Å². The molecule has 0 aliphatic carbocycles. The zero-order chi connectivity index (χ0) is 17.5. The van der Waals surface area contributed by atoms with E-state index in [4.69, 9.17) is 0 Å². The number of hydrogen-bond donors (Lipinski definition) is 0. The summed E-state index contributed by atoms with van der Waals surface area (Å²) < 4.78 is 28.6. The van der Waals surface area contributed by atoms with Crippen molar-refractivity contribution < 1.29 is 18.3 Å². The number of benzene rings is 2. The molecule has 0 heterocycles. The first-order valence-electron chi connectivity index (χ1n) is 7.78. The molecule has 3 nitrogen and oxygen atoms in total. The highest BCUT2D eigenvalue weighted by Gasteiger charge is 2.15. The van der Waals surface area contributed by atoms with E-state index in [1.54, 1.807) is 24.1 Å². The van der Waals surface area contributed by atoms with E-state index in [0.29, 0.717) is 13.0 Å². The van der Waals surface area contributed by atoms with Gasteiger partial charge in [0.1, 0.15) is 5.75 Å². The summed E-state index contributed by atoms with van der Waals surface area (Å²) in [6.45, 7) is -0.382. The normalized spacial score (nSPS) is 12.0. The van der Waals surface area contributed by atoms with Crippen LogP contribution < -0.4 is 4.74 Å². The van der Waals surface area contributed by atoms with Gasteiger partial charge in [0.15, 0.2) is 0 Å². The van der Waals surface area contributed by atoms with Crippen LogP contribution in [0.15, 0.2) is 54.6 Å². The third-order valence-electron chi connectivity index (χ3n) is 3.84. The summed E-state index contributed by atoms with van der Waals surface area (Å²) in [7, 11) is 1.74. The predicted molar refractivity (Wildman–Crippen MR) is 89.0 cm³/mol. The average Bonchev–Trinajstić information content (AvgIpc) is 2.56. The number of carbonyl (C=O) groups excluding carboxylic acids is 1. The molecule has 0 radical (unpaired) electrons. The highest BCUT2D eigenvalue weighted by Crippen LogP contribution is 2.20. The minimum Gasteiger partial charge on any atom is -0.435 e. The summed E-state index contributed by atoms with van der Waals surface area (Å²) in [4.78, 5) is 14.0. The minimum absolute atomic E-state index is 0.0410. The maximum atomic E-state index is 12.3. The van der Waals surface area contributed by atoms with Gasteiger partial charge >= 0.3 is 6.61 Å². The van der Waals surface area contributed by atoms with Gasteiger partial charge in [0.05, 0.1) is 0 Å². The van der Waals surface area contributed by atoms with Crippen molar-refractivity contribution in [3.8, 4) is 5.75 Å². The number of nitrogens with zero attached hydrogens (tertiary/aromatic N) is 1. The second-order valence-electron chi connectivity index (χ2n) is 5.79. The molecule has 2 aromatic carbocycles. The van der Waals surface area contributed by atoms with Crippen LogP contribution in [-0.4, -0.2) is 24.5 Å². The van der Waals surface area contributed by atoms with Gasteiger partial charge < -0.3 is 9.64 Å². The highest BCUT2D eigenvalue weighted by molar-refractivity contribution is 5.76. The van der Waals surface area contributed by atoms with Crippen LogP contribution in [0.3, 0.4) is 0 Å². The zero-order valence-corrected chi connectivity index (χ0v) is 13.8. The van der Waals surface area contributed by atoms with Crippen molar-refractivity contribution in [1.82, 2.24) is 4.90 Å². The van der Waals surface area contributed by atoms with Gasteiger partial charge in [-0.25, -0.2) is 0 Å². The lowest BCUT2D eigenvalue weighted by molar-refractivity contribution is -0.130. The van der Waals surface area contributed by atoms with Gasteiger partial charge in [-0.05, 0) is 29.2 Å². The quantitative estimate of drug-likeness (QED) is 0.750. The topological polar surface area (TPSA) is 29.5 Å². The molecule has 1 unspecified atom stereocenters. The summed E-state index contributed by atoms with van der Waals surface area (Å²) in [5.41, 5.74) is 1.99. The van der Waals surface area contributed by atoms with Crippen molar-refractivity contribution in [2.45, 2.75) is 32.4 Å². The van der Waals surface area contributed by atoms with E-state index in [-0.39, 0.29) is 17.6 Å². The van der Waals surface area contributed by atoms with Crippen molar-refractivity contribution >= 4 is 5.91 Å². The Balaban J connectivity index is 1.89. The average molecular weight is 333 g/mol. The molecule has 1 atom stereocenters. The summed E-state index contributed by atoms with van der Waals surface area (Å²) in [5, 5.41) is 0. The standard InChI is InChI=1S/C19H21F2NO2/c1-14(16-6-4-3-5-7-16)12-18(23)22(2)13-15-8-10-17(11-9-15)24-19(20)21/h3-11,14,19H,12-13H2,1-2H3. The van der Waals surface area contributed by atoms with E-state index >= 15 is 0 Å². The number of carbonyl (C=O) groups is 1. The Bertz CT molecular complexity index is 644. The molecule has 5 heteroatoms. The first-order chi connectivity index (χ1) is 11.5. The van der Waals surface area contributed by atoms with Gasteiger partial charge in [0, 0.05) is 20.0 Å². The fraction of sp³-hybridized carbons (Fsp3) is 0.316. The highest BCUT2D eigenvalue weighted by atomic mass is 19.3. The Morgan fingerprint density at radius 1 is 1.08 bits per heavy atom. The maximum absolute atomic E-state index is 12.3. The van der Waals surface area contributed by atoms with Gasteiger partial charge in [-0.15, -0.1) is 0 Å². The molecule has 0 N–H and O–H groups in total. The molecule has 0 fully saturated rings. The third-order valence-corrected chi connectivity index (χ3v) is 3.84. The lowest BCUT2D eigenvalue weighted by Crippen LogP contribution is -2.27. The molecule has 0 aliphatic rings. The Labute approximate surface area is 140 Å². The Morgan fingerprint density at radius 2 is 1.71 bits per heavy atom. The van der Waals surface area contributed by atoms with Crippen LogP contribution in [0.2, 0.25) is 0 Å². The molecule has 0 aliphatic heterocycles. The Morgan fingerprint density at radius 3 is 2.29 bits per heavy atom. The molecule has 0 saturated heterocycles. The first-order valence-corrected chi connectivity index (χ1v) is 7.78. The number of hydrogen-bond acceptors (Lipinski definition) is 2. The van der Waals surface area contributed by atoms with E-state index < -0.39 is 6.61 Å². The molecule has 2 rings (SSSR count). The SMILES string of the molecule is CC(CC(=O)N(C)Cc1ccc(OC(F)F)cc1)c1ccccc1. The number of amides is 1. The van der Waals surface area contributed by atoms with E-state index in [1.165, 1.54) is 12.1 Å². The molecular weight excluding hydrogens is 312 g/mol. The smallest absolute Gasteiger partial charge is 0.387 e. The predicted octanol–water partition coefficient (Wildman–Crippen LogP) is 4.44.